The summed E-state index contributed by atoms with van der Waals surface area (Å²) in [6, 6.07) is 6.18. The maximum atomic E-state index is 10.3. The van der Waals surface area contributed by atoms with Crippen molar-refractivity contribution in [2.24, 2.45) is 0 Å². The van der Waals surface area contributed by atoms with E-state index in [4.69, 9.17) is 11.6 Å². The Labute approximate surface area is 88.4 Å². The van der Waals surface area contributed by atoms with Crippen molar-refractivity contribution in [3.05, 3.63) is 41.0 Å². The van der Waals surface area contributed by atoms with Crippen LogP contribution in [0.5, 0.6) is 0 Å². The maximum absolute atomic E-state index is 10.3. The summed E-state index contributed by atoms with van der Waals surface area (Å²) in [5.41, 5.74) is 3.74. The second-order valence-electron chi connectivity index (χ2n) is 3.49. The predicted molar refractivity (Wildman–Crippen MR) is 58.4 cm³/mol. The van der Waals surface area contributed by atoms with E-state index in [1.54, 1.807) is 0 Å². The summed E-state index contributed by atoms with van der Waals surface area (Å²) < 4.78 is 0. The van der Waals surface area contributed by atoms with Gasteiger partial charge < -0.3 is 0 Å². The van der Waals surface area contributed by atoms with E-state index < -0.39 is 0 Å². The second-order valence-corrected chi connectivity index (χ2v) is 3.89. The number of carbonyl (C=O) groups excluding carboxylic acids is 1. The normalized spacial score (nSPS) is 15.4. The van der Waals surface area contributed by atoms with Gasteiger partial charge in [-0.3, -0.25) is 4.79 Å². The fraction of sp³-hybridized carbons (Fsp3) is 0.250. The van der Waals surface area contributed by atoms with Crippen LogP contribution in [0.25, 0.3) is 5.03 Å². The van der Waals surface area contributed by atoms with Gasteiger partial charge in [-0.05, 0) is 48.1 Å². The summed E-state index contributed by atoms with van der Waals surface area (Å²) in [5.74, 6) is 0. The molecule has 1 nitrogen and oxygen atoms in total. The maximum Gasteiger partial charge on any atom is 0.144 e. The van der Waals surface area contributed by atoms with Gasteiger partial charge in [0, 0.05) is 0 Å². The molecule has 0 atom stereocenters. The predicted octanol–water partition coefficient (Wildman–Crippen LogP) is 2.95. The molecule has 0 bridgehead atoms. The highest BCUT2D eigenvalue weighted by Gasteiger charge is 2.11. The fourth-order valence-corrected chi connectivity index (χ4v) is 2.05. The van der Waals surface area contributed by atoms with Gasteiger partial charge in [-0.25, -0.2) is 0 Å². The fourth-order valence-electron chi connectivity index (χ4n) is 1.88. The minimum Gasteiger partial charge on any atom is -0.299 e. The number of fused-ring (bicyclic) bond motifs is 1. The van der Waals surface area contributed by atoms with Gasteiger partial charge in [-0.2, -0.15) is 0 Å². The van der Waals surface area contributed by atoms with E-state index in [1.807, 2.05) is 6.07 Å². The first-order chi connectivity index (χ1) is 6.81. The van der Waals surface area contributed by atoms with E-state index in [9.17, 15) is 4.79 Å². The van der Waals surface area contributed by atoms with Crippen molar-refractivity contribution in [2.45, 2.75) is 19.3 Å². The summed E-state index contributed by atoms with van der Waals surface area (Å²) in [6.07, 6.45) is 5.64. The highest BCUT2D eigenvalue weighted by atomic mass is 35.5. The smallest absolute Gasteiger partial charge is 0.144 e. The Hall–Kier alpha value is -1.08. The van der Waals surface area contributed by atoms with Crippen LogP contribution in [0.3, 0.4) is 0 Å². The number of hydrogen-bond acceptors (Lipinski definition) is 1. The van der Waals surface area contributed by atoms with Gasteiger partial charge >= 0.3 is 0 Å². The number of benzene rings is 1. The molecule has 0 aliphatic heterocycles. The van der Waals surface area contributed by atoms with Crippen molar-refractivity contribution in [2.75, 3.05) is 0 Å². The molecule has 1 aromatic carbocycles. The Morgan fingerprint density at radius 3 is 2.86 bits per heavy atom. The van der Waals surface area contributed by atoms with Crippen molar-refractivity contribution in [3.8, 4) is 0 Å². The SMILES string of the molecule is O=C/C=C(/Cl)c1ccc2c(c1)CCC2. The zero-order valence-electron chi connectivity index (χ0n) is 7.79. The van der Waals surface area contributed by atoms with E-state index >= 15 is 0 Å². The Bertz CT molecular complexity index is 393. The number of rotatable bonds is 2. The number of aryl methyl sites for hydroxylation is 2. The highest BCUT2D eigenvalue weighted by molar-refractivity contribution is 6.49. The van der Waals surface area contributed by atoms with E-state index in [-0.39, 0.29) is 0 Å². The van der Waals surface area contributed by atoms with Gasteiger partial charge in [0.1, 0.15) is 6.29 Å². The molecule has 0 fully saturated rings. The third-order valence-electron chi connectivity index (χ3n) is 2.59. The molecule has 1 aromatic rings. The lowest BCUT2D eigenvalue weighted by atomic mass is 10.1. The first kappa shape index (κ1) is 9.47. The van der Waals surface area contributed by atoms with Gasteiger partial charge in [-0.1, -0.05) is 23.7 Å². The van der Waals surface area contributed by atoms with Gasteiger partial charge in [0.25, 0.3) is 0 Å². The van der Waals surface area contributed by atoms with Crippen LogP contribution < -0.4 is 0 Å². The molecule has 0 saturated carbocycles. The number of halogens is 1. The standard InChI is InChI=1S/C12H11ClO/c13-12(6-7-14)11-5-4-9-2-1-3-10(9)8-11/h4-8H,1-3H2/b12-6+. The van der Waals surface area contributed by atoms with Gasteiger partial charge in [-0.15, -0.1) is 0 Å². The molecule has 1 aliphatic carbocycles. The van der Waals surface area contributed by atoms with Crippen LogP contribution in [0.2, 0.25) is 0 Å². The van der Waals surface area contributed by atoms with E-state index in [0.29, 0.717) is 5.03 Å². The third-order valence-corrected chi connectivity index (χ3v) is 2.93. The molecule has 0 radical (unpaired) electrons. The zero-order valence-corrected chi connectivity index (χ0v) is 8.55. The quantitative estimate of drug-likeness (QED) is 0.537. The number of hydrogen-bond donors (Lipinski definition) is 0. The summed E-state index contributed by atoms with van der Waals surface area (Å²) >= 11 is 5.94. The lowest BCUT2D eigenvalue weighted by Gasteiger charge is -2.02. The lowest BCUT2D eigenvalue weighted by molar-refractivity contribution is -0.104. The molecule has 14 heavy (non-hydrogen) atoms. The monoisotopic (exact) mass is 206 g/mol. The summed E-state index contributed by atoms with van der Waals surface area (Å²) in [6.45, 7) is 0. The Morgan fingerprint density at radius 1 is 1.29 bits per heavy atom. The largest absolute Gasteiger partial charge is 0.299 e. The molecule has 0 unspecified atom stereocenters. The minimum atomic E-state index is 0.523. The molecule has 0 aromatic heterocycles. The lowest BCUT2D eigenvalue weighted by Crippen LogP contribution is -1.85. The van der Waals surface area contributed by atoms with Crippen LogP contribution in [0.15, 0.2) is 24.3 Å². The minimum absolute atomic E-state index is 0.523. The van der Waals surface area contributed by atoms with Crippen molar-refractivity contribution in [1.82, 2.24) is 0 Å². The molecule has 0 N–H and O–H groups in total. The summed E-state index contributed by atoms with van der Waals surface area (Å²) in [7, 11) is 0. The molecule has 2 heteroatoms. The average Bonchev–Trinajstić information content (AvgIpc) is 2.64. The molecule has 2 rings (SSSR count). The van der Waals surface area contributed by atoms with E-state index in [2.05, 4.69) is 12.1 Å². The molecule has 0 heterocycles. The number of aldehydes is 1. The van der Waals surface area contributed by atoms with Gasteiger partial charge in [0.05, 0.1) is 5.03 Å². The molecule has 1 aliphatic rings. The Kier molecular flexibility index (Phi) is 2.69. The van der Waals surface area contributed by atoms with E-state index in [0.717, 1.165) is 18.3 Å². The second kappa shape index (κ2) is 3.97. The van der Waals surface area contributed by atoms with Crippen molar-refractivity contribution >= 4 is 22.9 Å². The van der Waals surface area contributed by atoms with Crippen molar-refractivity contribution in [3.63, 3.8) is 0 Å². The Morgan fingerprint density at radius 2 is 2.07 bits per heavy atom. The number of allylic oxidation sites excluding steroid dienone is 1. The average molecular weight is 207 g/mol. The molecule has 0 spiro atoms. The molecule has 0 amide bonds. The zero-order chi connectivity index (χ0) is 9.97. The topological polar surface area (TPSA) is 17.1 Å². The molecule has 72 valence electrons. The van der Waals surface area contributed by atoms with Crippen LogP contribution in [0.4, 0.5) is 0 Å². The first-order valence-corrected chi connectivity index (χ1v) is 5.12. The number of carbonyl (C=O) groups is 1. The van der Waals surface area contributed by atoms with Crippen LogP contribution in [0, 0.1) is 0 Å². The molecular weight excluding hydrogens is 196 g/mol. The van der Waals surface area contributed by atoms with Crippen molar-refractivity contribution in [1.29, 1.82) is 0 Å². The molecular formula is C12H11ClO. The van der Waals surface area contributed by atoms with Gasteiger partial charge in [0.15, 0.2) is 0 Å². The molecule has 0 saturated heterocycles. The summed E-state index contributed by atoms with van der Waals surface area (Å²) in [4.78, 5) is 10.3. The first-order valence-electron chi connectivity index (χ1n) is 4.74. The van der Waals surface area contributed by atoms with Gasteiger partial charge in [0.2, 0.25) is 0 Å². The third kappa shape index (κ3) is 1.73. The van der Waals surface area contributed by atoms with Crippen LogP contribution in [0.1, 0.15) is 23.1 Å². The van der Waals surface area contributed by atoms with Crippen molar-refractivity contribution < 1.29 is 4.79 Å². The van der Waals surface area contributed by atoms with Crippen LogP contribution in [-0.2, 0) is 17.6 Å². The van der Waals surface area contributed by atoms with E-state index in [1.165, 1.54) is 30.0 Å². The highest BCUT2D eigenvalue weighted by Crippen LogP contribution is 2.27. The summed E-state index contributed by atoms with van der Waals surface area (Å²) in [5, 5.41) is 0.523. The van der Waals surface area contributed by atoms with Crippen LogP contribution >= 0.6 is 11.6 Å². The Balaban J connectivity index is 2.37. The van der Waals surface area contributed by atoms with Crippen LogP contribution in [-0.4, -0.2) is 6.29 Å².